The third-order valence-corrected chi connectivity index (χ3v) is 6.36. The smallest absolute Gasteiger partial charge is 0.262 e. The Morgan fingerprint density at radius 2 is 2.12 bits per heavy atom. The molecule has 4 rings (SSSR count). The number of hydrogen-bond acceptors (Lipinski definition) is 4. The van der Waals surface area contributed by atoms with Crippen molar-refractivity contribution in [2.24, 2.45) is 0 Å². The van der Waals surface area contributed by atoms with Gasteiger partial charge in [0.15, 0.2) is 0 Å². The van der Waals surface area contributed by atoms with Crippen LogP contribution in [0.5, 0.6) is 0 Å². The van der Waals surface area contributed by atoms with Gasteiger partial charge < -0.3 is 4.90 Å². The van der Waals surface area contributed by atoms with Gasteiger partial charge in [-0.3, -0.25) is 10.1 Å². The van der Waals surface area contributed by atoms with Gasteiger partial charge in [-0.05, 0) is 31.0 Å². The number of likely N-dealkylation sites (tertiary alicyclic amines) is 1. The number of hydrogen-bond donors (Lipinski definition) is 1. The third-order valence-electron chi connectivity index (χ3n) is 4.93. The Hall–Kier alpha value is -1.31. The fraction of sp³-hybridized carbons (Fsp3) is 0.529. The van der Waals surface area contributed by atoms with Crippen molar-refractivity contribution >= 4 is 39.1 Å². The molecule has 2 aromatic rings. The number of rotatable bonds is 2. The fourth-order valence-corrected chi connectivity index (χ4v) is 4.83. The molecule has 0 aliphatic carbocycles. The van der Waals surface area contributed by atoms with Gasteiger partial charge in [-0.2, -0.15) is 0 Å². The highest BCUT2D eigenvalue weighted by Crippen LogP contribution is 2.35. The molecule has 4 nitrogen and oxygen atoms in total. The number of alkyl halides is 2. The highest BCUT2D eigenvalue weighted by Gasteiger charge is 2.44. The first-order valence-corrected chi connectivity index (χ1v) is 9.57. The molecule has 1 aromatic carbocycles. The van der Waals surface area contributed by atoms with Crippen LogP contribution in [0, 0.1) is 0 Å². The largest absolute Gasteiger partial charge is 0.341 e. The van der Waals surface area contributed by atoms with Crippen LogP contribution in [-0.2, 0) is 4.79 Å². The first-order chi connectivity index (χ1) is 11.9. The van der Waals surface area contributed by atoms with Crippen molar-refractivity contribution in [3.8, 4) is 0 Å². The Bertz CT molecular complexity index is 804. The maximum absolute atomic E-state index is 13.3. The Labute approximate surface area is 153 Å². The summed E-state index contributed by atoms with van der Waals surface area (Å²) in [5.74, 6) is -2.68. The second kappa shape index (κ2) is 6.45. The standard InChI is InChI=1S/C17H18ClF2N3OS/c18-11-1-2-14-12(7-11)22-15(25-14)10-3-5-23(6-4-10)16(24)13-8-17(19,20)9-21-13/h1-2,7,10,13,21H,3-6,8-9H2. The summed E-state index contributed by atoms with van der Waals surface area (Å²) in [7, 11) is 0. The summed E-state index contributed by atoms with van der Waals surface area (Å²) in [4.78, 5) is 18.8. The number of thiazole rings is 1. The van der Waals surface area contributed by atoms with Gasteiger partial charge in [0.2, 0.25) is 5.91 Å². The minimum absolute atomic E-state index is 0.202. The molecule has 2 aliphatic rings. The van der Waals surface area contributed by atoms with E-state index in [0.717, 1.165) is 28.1 Å². The van der Waals surface area contributed by atoms with Gasteiger partial charge in [-0.1, -0.05) is 11.6 Å². The molecule has 3 heterocycles. The Balaban J connectivity index is 1.40. The molecular formula is C17H18ClF2N3OS. The van der Waals surface area contributed by atoms with Gasteiger partial charge in [-0.25, -0.2) is 13.8 Å². The summed E-state index contributed by atoms with van der Waals surface area (Å²) < 4.78 is 27.7. The van der Waals surface area contributed by atoms with Crippen LogP contribution >= 0.6 is 22.9 Å². The molecule has 2 fully saturated rings. The second-order valence-corrected chi connectivity index (χ2v) is 8.26. The van der Waals surface area contributed by atoms with Crippen molar-refractivity contribution in [2.75, 3.05) is 19.6 Å². The van der Waals surface area contributed by atoms with Gasteiger partial charge >= 0.3 is 0 Å². The molecule has 1 amide bonds. The number of fused-ring (bicyclic) bond motifs is 1. The lowest BCUT2D eigenvalue weighted by molar-refractivity contribution is -0.134. The van der Waals surface area contributed by atoms with Crippen LogP contribution in [0.3, 0.4) is 0 Å². The van der Waals surface area contributed by atoms with E-state index in [1.54, 1.807) is 16.2 Å². The molecule has 8 heteroatoms. The summed E-state index contributed by atoms with van der Waals surface area (Å²) in [6.07, 6.45) is 1.22. The van der Waals surface area contributed by atoms with Gasteiger partial charge in [0.1, 0.15) is 0 Å². The van der Waals surface area contributed by atoms with Crippen molar-refractivity contribution in [1.29, 1.82) is 0 Å². The van der Waals surface area contributed by atoms with Crippen LogP contribution in [0.25, 0.3) is 10.2 Å². The Morgan fingerprint density at radius 3 is 2.80 bits per heavy atom. The molecule has 0 saturated carbocycles. The Kier molecular flexibility index (Phi) is 4.42. The first kappa shape index (κ1) is 17.1. The first-order valence-electron chi connectivity index (χ1n) is 8.37. The number of nitrogens with one attached hydrogen (secondary N) is 1. The number of benzene rings is 1. The van der Waals surface area contributed by atoms with Gasteiger partial charge in [0.05, 0.1) is 27.8 Å². The van der Waals surface area contributed by atoms with Crippen molar-refractivity contribution in [3.05, 3.63) is 28.2 Å². The normalized spacial score (nSPS) is 24.1. The quantitative estimate of drug-likeness (QED) is 0.858. The molecule has 1 unspecified atom stereocenters. The molecule has 0 bridgehead atoms. The summed E-state index contributed by atoms with van der Waals surface area (Å²) in [6, 6.07) is 4.94. The van der Waals surface area contributed by atoms with Crippen LogP contribution in [-0.4, -0.2) is 47.4 Å². The number of nitrogens with zero attached hydrogens (tertiary/aromatic N) is 2. The van der Waals surface area contributed by atoms with Crippen molar-refractivity contribution in [2.45, 2.75) is 37.1 Å². The number of carbonyl (C=O) groups is 1. The van der Waals surface area contributed by atoms with E-state index >= 15 is 0 Å². The van der Waals surface area contributed by atoms with Crippen molar-refractivity contribution in [3.63, 3.8) is 0 Å². The number of aromatic nitrogens is 1. The lowest BCUT2D eigenvalue weighted by Gasteiger charge is -2.32. The molecule has 25 heavy (non-hydrogen) atoms. The monoisotopic (exact) mass is 385 g/mol. The summed E-state index contributed by atoms with van der Waals surface area (Å²) in [5.41, 5.74) is 0.906. The van der Waals surface area contributed by atoms with Crippen LogP contribution < -0.4 is 5.32 Å². The molecule has 2 saturated heterocycles. The molecular weight excluding hydrogens is 368 g/mol. The van der Waals surface area contributed by atoms with E-state index in [2.05, 4.69) is 10.3 Å². The molecule has 1 aromatic heterocycles. The van der Waals surface area contributed by atoms with E-state index in [0.29, 0.717) is 24.0 Å². The minimum atomic E-state index is -2.78. The zero-order valence-electron chi connectivity index (χ0n) is 13.5. The summed E-state index contributed by atoms with van der Waals surface area (Å²) in [5, 5.41) is 4.38. The van der Waals surface area contributed by atoms with Gasteiger partial charge in [-0.15, -0.1) is 11.3 Å². The van der Waals surface area contributed by atoms with E-state index in [9.17, 15) is 13.6 Å². The van der Waals surface area contributed by atoms with E-state index < -0.39 is 24.9 Å². The summed E-state index contributed by atoms with van der Waals surface area (Å²) >= 11 is 7.67. The zero-order valence-corrected chi connectivity index (χ0v) is 15.0. The number of halogens is 3. The van der Waals surface area contributed by atoms with E-state index in [1.807, 2.05) is 18.2 Å². The van der Waals surface area contributed by atoms with Gasteiger partial charge in [0, 0.05) is 30.5 Å². The summed E-state index contributed by atoms with van der Waals surface area (Å²) in [6.45, 7) is 0.766. The SMILES string of the molecule is O=C(C1CC(F)(F)CN1)N1CCC(c2nc3cc(Cl)ccc3s2)CC1. The molecule has 2 aliphatic heterocycles. The van der Waals surface area contributed by atoms with Crippen LogP contribution in [0.1, 0.15) is 30.2 Å². The minimum Gasteiger partial charge on any atom is -0.341 e. The van der Waals surface area contributed by atoms with Crippen molar-refractivity contribution in [1.82, 2.24) is 15.2 Å². The van der Waals surface area contributed by atoms with E-state index in [4.69, 9.17) is 11.6 Å². The molecule has 1 N–H and O–H groups in total. The topological polar surface area (TPSA) is 45.2 Å². The fourth-order valence-electron chi connectivity index (χ4n) is 3.55. The average Bonchev–Trinajstić information content (AvgIpc) is 3.17. The van der Waals surface area contributed by atoms with Crippen LogP contribution in [0.2, 0.25) is 5.02 Å². The molecule has 0 spiro atoms. The number of carbonyl (C=O) groups excluding carboxylic acids is 1. The Morgan fingerprint density at radius 1 is 1.36 bits per heavy atom. The lowest BCUT2D eigenvalue weighted by atomic mass is 9.97. The maximum atomic E-state index is 13.3. The van der Waals surface area contributed by atoms with E-state index in [1.165, 1.54) is 0 Å². The van der Waals surface area contributed by atoms with Crippen LogP contribution in [0.4, 0.5) is 8.78 Å². The molecule has 1 atom stereocenters. The van der Waals surface area contributed by atoms with E-state index in [-0.39, 0.29) is 5.91 Å². The predicted molar refractivity (Wildman–Crippen MR) is 94.5 cm³/mol. The maximum Gasteiger partial charge on any atom is 0.262 e. The van der Waals surface area contributed by atoms with Crippen LogP contribution in [0.15, 0.2) is 18.2 Å². The third kappa shape index (κ3) is 3.50. The predicted octanol–water partition coefficient (Wildman–Crippen LogP) is 3.65. The highest BCUT2D eigenvalue weighted by atomic mass is 35.5. The zero-order chi connectivity index (χ0) is 17.6. The number of amides is 1. The molecule has 0 radical (unpaired) electrons. The lowest BCUT2D eigenvalue weighted by Crippen LogP contribution is -2.46. The highest BCUT2D eigenvalue weighted by molar-refractivity contribution is 7.18. The van der Waals surface area contributed by atoms with Crippen molar-refractivity contribution < 1.29 is 13.6 Å². The second-order valence-electron chi connectivity index (χ2n) is 6.76. The number of piperidine rings is 1. The molecule has 134 valence electrons. The average molecular weight is 386 g/mol. The van der Waals surface area contributed by atoms with Gasteiger partial charge in [0.25, 0.3) is 5.92 Å².